The molecule has 9 aromatic carbocycles. The Hall–Kier alpha value is -12.9. The summed E-state index contributed by atoms with van der Waals surface area (Å²) in [6, 6.07) is 71.4. The minimum Gasteiger partial charge on any atom is -0.307 e. The minimum absolute atomic E-state index is 0.327. The topological polar surface area (TPSA) is 237 Å². The highest BCUT2D eigenvalue weighted by atomic mass is 15.1. The molecule has 0 aliphatic rings. The molecule has 0 amide bonds. The van der Waals surface area contributed by atoms with E-state index in [9.17, 15) is 47.4 Å². The largest absolute Gasteiger partial charge is 0.307 e. The maximum absolute atomic E-state index is 11.2. The molecule has 3 heterocycles. The number of benzene rings is 9. The molecule has 0 aliphatic heterocycles. The van der Waals surface area contributed by atoms with Crippen LogP contribution in [0.5, 0.6) is 0 Å². The summed E-state index contributed by atoms with van der Waals surface area (Å²) in [6.45, 7) is 0. The summed E-state index contributed by atoms with van der Waals surface area (Å²) in [6.07, 6.45) is 3.34. The van der Waals surface area contributed by atoms with Crippen LogP contribution in [-0.2, 0) is 0 Å². The summed E-state index contributed by atoms with van der Waals surface area (Å²) >= 11 is 0. The zero-order valence-electron chi connectivity index (χ0n) is 41.7. The first-order valence-corrected chi connectivity index (χ1v) is 24.6. The van der Waals surface area contributed by atoms with Crippen LogP contribution < -0.4 is 0 Å². The lowest BCUT2D eigenvalue weighted by molar-refractivity contribution is 1.09. The van der Waals surface area contributed by atoms with E-state index in [1.165, 1.54) is 0 Å². The third-order valence-electron chi connectivity index (χ3n) is 14.3. The number of nitrogens with zero attached hydrogens (tertiary/aromatic N) is 12. The first kappa shape index (κ1) is 48.1. The van der Waals surface area contributed by atoms with Crippen LogP contribution in [0.3, 0.4) is 0 Å². The third-order valence-corrected chi connectivity index (χ3v) is 14.3. The van der Waals surface area contributed by atoms with Crippen LogP contribution in [0.15, 0.2) is 182 Å². The van der Waals surface area contributed by atoms with Crippen LogP contribution >= 0.6 is 0 Å². The van der Waals surface area contributed by atoms with Gasteiger partial charge in [-0.05, 0) is 196 Å². The number of nitriles is 9. The fourth-order valence-electron chi connectivity index (χ4n) is 10.8. The Morgan fingerprint density at radius 3 is 0.787 bits per heavy atom. The zero-order chi connectivity index (χ0) is 55.2. The van der Waals surface area contributed by atoms with Crippen molar-refractivity contribution in [3.8, 4) is 122 Å². The van der Waals surface area contributed by atoms with E-state index in [2.05, 4.69) is 68.7 Å². The smallest absolute Gasteiger partial charge is 0.0998 e. The van der Waals surface area contributed by atoms with Gasteiger partial charge in [0.05, 0.1) is 138 Å². The van der Waals surface area contributed by atoms with Gasteiger partial charge < -0.3 is 9.13 Å². The van der Waals surface area contributed by atoms with Crippen molar-refractivity contribution < 1.29 is 0 Å². The molecule has 0 radical (unpaired) electrons. The molecule has 0 aliphatic carbocycles. The van der Waals surface area contributed by atoms with E-state index in [-0.39, 0.29) is 0 Å². The lowest BCUT2D eigenvalue weighted by atomic mass is 9.97. The SMILES string of the molecule is N#Cc1cc(C#N)cc(-c2ccc3c(c2)c2cc(-c4cc(C#N)cc(C#N)c4)ccc2n3-c2cc(C#N)c(-c3ccncc3)cc2-n2c3ccc(-c4cc(C#N)cc(C#N)c4)cc3c3cc(-c4cc(C#N)cc(C#N)c4)ccc32)c1. The molecule has 0 fully saturated rings. The van der Waals surface area contributed by atoms with E-state index >= 15 is 0 Å². The summed E-state index contributed by atoms with van der Waals surface area (Å²) in [5.41, 5.74) is 14.2. The number of fused-ring (bicyclic) bond motifs is 6. The Morgan fingerprint density at radius 2 is 0.525 bits per heavy atom. The highest BCUT2D eigenvalue weighted by Gasteiger charge is 2.24. The molecule has 0 atom stereocenters. The standard InChI is InChI=1S/C68H30N12/c69-31-40-13-41(32-70)18-53(17-40)49-1-5-63-59(25-49)60-26-50(54-19-42(33-71)14-43(20-54)34-72)2-6-64(60)79(63)67-29-57(39-77)58(48-9-11-78-12-10-48)30-68(67)80-65-7-3-51(55-21-44(35-73)15-45(22-55)36-74)27-61(65)62-28-52(4-8-66(62)80)56-23-46(37-75)16-47(24-56)38-76/h1-30H. The number of aromatic nitrogens is 3. The van der Waals surface area contributed by atoms with Crippen LogP contribution in [0.1, 0.15) is 50.1 Å². The van der Waals surface area contributed by atoms with Gasteiger partial charge in [-0.2, -0.15) is 47.4 Å². The van der Waals surface area contributed by atoms with E-state index in [1.807, 2.05) is 97.1 Å². The molecule has 12 rings (SSSR count). The fraction of sp³-hybridized carbons (Fsp3) is 0. The van der Waals surface area contributed by atoms with Gasteiger partial charge in [0.2, 0.25) is 0 Å². The zero-order valence-corrected chi connectivity index (χ0v) is 41.7. The molecule has 0 bridgehead atoms. The molecular formula is C68H30N12. The lowest BCUT2D eigenvalue weighted by Crippen LogP contribution is -2.05. The summed E-state index contributed by atoms with van der Waals surface area (Å²) in [5.74, 6) is 0. The van der Waals surface area contributed by atoms with Gasteiger partial charge in [-0.15, -0.1) is 0 Å². The van der Waals surface area contributed by atoms with Crippen molar-refractivity contribution in [2.24, 2.45) is 0 Å². The van der Waals surface area contributed by atoms with Crippen LogP contribution in [0.4, 0.5) is 0 Å². The fourth-order valence-corrected chi connectivity index (χ4v) is 10.8. The molecule has 12 aromatic rings. The second-order valence-electron chi connectivity index (χ2n) is 18.9. The van der Waals surface area contributed by atoms with Crippen molar-refractivity contribution in [3.05, 3.63) is 232 Å². The van der Waals surface area contributed by atoms with Gasteiger partial charge in [-0.3, -0.25) is 4.98 Å². The molecule has 3 aromatic heterocycles. The van der Waals surface area contributed by atoms with Gasteiger partial charge >= 0.3 is 0 Å². The highest BCUT2D eigenvalue weighted by Crippen LogP contribution is 2.44. The quantitative estimate of drug-likeness (QED) is 0.146. The van der Waals surface area contributed by atoms with E-state index in [0.717, 1.165) is 71.4 Å². The summed E-state index contributed by atoms with van der Waals surface area (Å²) in [4.78, 5) is 4.29. The molecular weight excluding hydrogens is 985 g/mol. The van der Waals surface area contributed by atoms with E-state index in [0.29, 0.717) is 89.3 Å². The van der Waals surface area contributed by atoms with Crippen molar-refractivity contribution in [2.45, 2.75) is 0 Å². The average molecular weight is 1020 g/mol. The number of pyridine rings is 1. The van der Waals surface area contributed by atoms with Crippen molar-refractivity contribution >= 4 is 43.6 Å². The Bertz CT molecular complexity index is 4730. The highest BCUT2D eigenvalue weighted by molar-refractivity contribution is 6.14. The first-order chi connectivity index (χ1) is 39.2. The molecule has 80 heavy (non-hydrogen) atoms. The van der Waals surface area contributed by atoms with Crippen molar-refractivity contribution in [2.75, 3.05) is 0 Å². The summed E-state index contributed by atoms with van der Waals surface area (Å²) in [7, 11) is 0. The van der Waals surface area contributed by atoms with Gasteiger partial charge in [0.15, 0.2) is 0 Å². The monoisotopic (exact) mass is 1010 g/mol. The van der Waals surface area contributed by atoms with Gasteiger partial charge in [0, 0.05) is 39.5 Å². The van der Waals surface area contributed by atoms with Crippen LogP contribution in [0.25, 0.3) is 111 Å². The molecule has 362 valence electrons. The van der Waals surface area contributed by atoms with E-state index < -0.39 is 0 Å². The Morgan fingerprint density at radius 1 is 0.250 bits per heavy atom. The number of rotatable bonds is 7. The molecule has 0 saturated heterocycles. The summed E-state index contributed by atoms with van der Waals surface area (Å²) < 4.78 is 4.25. The van der Waals surface area contributed by atoms with E-state index in [4.69, 9.17) is 0 Å². The Kier molecular flexibility index (Phi) is 11.7. The maximum Gasteiger partial charge on any atom is 0.0998 e. The first-order valence-electron chi connectivity index (χ1n) is 24.6. The van der Waals surface area contributed by atoms with Gasteiger partial charge in [-0.25, -0.2) is 0 Å². The third kappa shape index (κ3) is 8.17. The van der Waals surface area contributed by atoms with Gasteiger partial charge in [0.1, 0.15) is 0 Å². The second-order valence-corrected chi connectivity index (χ2v) is 18.9. The number of hydrogen-bond acceptors (Lipinski definition) is 10. The summed E-state index contributed by atoms with van der Waals surface area (Å²) in [5, 5.41) is 94.3. The molecule has 12 nitrogen and oxygen atoms in total. The second kappa shape index (κ2) is 19.4. The van der Waals surface area contributed by atoms with Crippen molar-refractivity contribution in [1.29, 1.82) is 47.4 Å². The molecule has 0 unspecified atom stereocenters. The van der Waals surface area contributed by atoms with E-state index in [1.54, 1.807) is 85.2 Å². The van der Waals surface area contributed by atoms with Gasteiger partial charge in [-0.1, -0.05) is 24.3 Å². The van der Waals surface area contributed by atoms with Crippen LogP contribution in [0, 0.1) is 102 Å². The predicted molar refractivity (Wildman–Crippen MR) is 303 cm³/mol. The van der Waals surface area contributed by atoms with Crippen LogP contribution in [-0.4, -0.2) is 14.1 Å². The Balaban J connectivity index is 1.21. The molecule has 0 N–H and O–H groups in total. The predicted octanol–water partition coefficient (Wildman–Crippen LogP) is 14.5. The number of hydrogen-bond donors (Lipinski definition) is 0. The molecule has 0 spiro atoms. The lowest BCUT2D eigenvalue weighted by Gasteiger charge is -2.20. The Labute approximate surface area is 456 Å². The van der Waals surface area contributed by atoms with Crippen LogP contribution in [0.2, 0.25) is 0 Å². The van der Waals surface area contributed by atoms with Gasteiger partial charge in [0.25, 0.3) is 0 Å². The normalized spacial score (nSPS) is 10.6. The molecule has 12 heteroatoms. The molecule has 0 saturated carbocycles. The van der Waals surface area contributed by atoms with Crippen molar-refractivity contribution in [1.82, 2.24) is 14.1 Å². The maximum atomic E-state index is 11.2. The van der Waals surface area contributed by atoms with Crippen molar-refractivity contribution in [3.63, 3.8) is 0 Å². The minimum atomic E-state index is 0.327. The average Bonchev–Trinajstić information content (AvgIpc) is 4.16.